The Morgan fingerprint density at radius 3 is 2.76 bits per heavy atom. The van der Waals surface area contributed by atoms with Gasteiger partial charge in [-0.1, -0.05) is 12.1 Å². The first-order valence-electron chi connectivity index (χ1n) is 5.51. The van der Waals surface area contributed by atoms with Crippen molar-refractivity contribution in [1.82, 2.24) is 4.31 Å². The third kappa shape index (κ3) is 2.32. The van der Waals surface area contributed by atoms with Gasteiger partial charge in [0.05, 0.1) is 5.69 Å². The second-order valence-corrected chi connectivity index (χ2v) is 5.68. The van der Waals surface area contributed by atoms with Crippen LogP contribution in [0.2, 0.25) is 0 Å². The van der Waals surface area contributed by atoms with E-state index in [2.05, 4.69) is 4.99 Å². The number of nitrogens with zero attached hydrogens (tertiary/aromatic N) is 2. The Hall–Kier alpha value is -1.40. The SMILES string of the molecule is NCCCCN1C=Nc2ccccc2S1(=O)=O. The van der Waals surface area contributed by atoms with Crippen molar-refractivity contribution >= 4 is 22.0 Å². The number of rotatable bonds is 4. The van der Waals surface area contributed by atoms with Gasteiger partial charge in [-0.05, 0) is 31.5 Å². The molecule has 0 radical (unpaired) electrons. The van der Waals surface area contributed by atoms with Crippen molar-refractivity contribution in [2.75, 3.05) is 13.1 Å². The molecule has 0 bridgehead atoms. The molecule has 0 aliphatic carbocycles. The number of para-hydroxylation sites is 1. The molecule has 0 amide bonds. The molecule has 0 atom stereocenters. The van der Waals surface area contributed by atoms with Crippen molar-refractivity contribution in [3.8, 4) is 0 Å². The average Bonchev–Trinajstić information content (AvgIpc) is 2.32. The second-order valence-electron chi connectivity index (χ2n) is 3.82. The predicted molar refractivity (Wildman–Crippen MR) is 66.8 cm³/mol. The maximum absolute atomic E-state index is 12.2. The van der Waals surface area contributed by atoms with E-state index in [0.29, 0.717) is 18.8 Å². The number of hydrogen-bond donors (Lipinski definition) is 1. The van der Waals surface area contributed by atoms with Crippen LogP contribution in [0, 0.1) is 0 Å². The number of nitrogens with two attached hydrogens (primary N) is 1. The minimum atomic E-state index is -3.42. The van der Waals surface area contributed by atoms with Crippen LogP contribution in [-0.4, -0.2) is 32.2 Å². The van der Waals surface area contributed by atoms with Gasteiger partial charge in [0.25, 0.3) is 10.0 Å². The monoisotopic (exact) mass is 253 g/mol. The van der Waals surface area contributed by atoms with E-state index in [0.717, 1.165) is 12.8 Å². The van der Waals surface area contributed by atoms with Gasteiger partial charge in [-0.3, -0.25) is 4.31 Å². The Kier molecular flexibility index (Phi) is 3.44. The van der Waals surface area contributed by atoms with E-state index in [1.165, 1.54) is 10.6 Å². The lowest BCUT2D eigenvalue weighted by molar-refractivity contribution is 0.510. The quantitative estimate of drug-likeness (QED) is 0.816. The largest absolute Gasteiger partial charge is 0.330 e. The molecule has 0 aromatic heterocycles. The molecule has 1 aliphatic heterocycles. The summed E-state index contributed by atoms with van der Waals surface area (Å²) < 4.78 is 25.7. The molecule has 0 saturated carbocycles. The molecule has 1 heterocycles. The van der Waals surface area contributed by atoms with E-state index in [4.69, 9.17) is 5.73 Å². The highest BCUT2D eigenvalue weighted by atomic mass is 32.2. The number of fused-ring (bicyclic) bond motifs is 1. The van der Waals surface area contributed by atoms with Crippen molar-refractivity contribution in [3.05, 3.63) is 24.3 Å². The van der Waals surface area contributed by atoms with Gasteiger partial charge >= 0.3 is 0 Å². The summed E-state index contributed by atoms with van der Waals surface area (Å²) in [5.41, 5.74) is 5.89. The van der Waals surface area contributed by atoms with Crippen molar-refractivity contribution in [3.63, 3.8) is 0 Å². The molecular formula is C11H15N3O2S. The van der Waals surface area contributed by atoms with E-state index < -0.39 is 10.0 Å². The van der Waals surface area contributed by atoms with Crippen molar-refractivity contribution in [1.29, 1.82) is 0 Å². The van der Waals surface area contributed by atoms with Gasteiger partial charge in [0.1, 0.15) is 11.2 Å². The fourth-order valence-electron chi connectivity index (χ4n) is 1.69. The molecule has 6 heteroatoms. The van der Waals surface area contributed by atoms with Crippen LogP contribution in [0.5, 0.6) is 0 Å². The van der Waals surface area contributed by atoms with E-state index in [1.54, 1.807) is 24.3 Å². The highest BCUT2D eigenvalue weighted by molar-refractivity contribution is 7.89. The Labute approximate surface area is 101 Å². The third-order valence-corrected chi connectivity index (χ3v) is 4.41. The molecule has 0 unspecified atom stereocenters. The fourth-order valence-corrected chi connectivity index (χ4v) is 3.12. The molecule has 0 spiro atoms. The Bertz CT molecular complexity index is 525. The number of aliphatic imine (C=N–C) groups is 1. The molecule has 5 nitrogen and oxygen atoms in total. The summed E-state index contributed by atoms with van der Waals surface area (Å²) in [6, 6.07) is 6.75. The molecule has 1 aromatic carbocycles. The first-order chi connectivity index (χ1) is 8.16. The van der Waals surface area contributed by atoms with Crippen LogP contribution in [-0.2, 0) is 10.0 Å². The zero-order valence-corrected chi connectivity index (χ0v) is 10.2. The van der Waals surface area contributed by atoms with Gasteiger partial charge in [-0.15, -0.1) is 0 Å². The number of sulfonamides is 1. The van der Waals surface area contributed by atoms with Gasteiger partial charge in [-0.25, -0.2) is 13.4 Å². The standard InChI is InChI=1S/C11H15N3O2S/c12-7-3-4-8-14-9-13-10-5-1-2-6-11(10)17(14,15)16/h1-2,5-6,9H,3-4,7-8,12H2. The second kappa shape index (κ2) is 4.85. The summed E-state index contributed by atoms with van der Waals surface area (Å²) in [6.07, 6.45) is 2.93. The van der Waals surface area contributed by atoms with E-state index in [1.807, 2.05) is 0 Å². The lowest BCUT2D eigenvalue weighted by Crippen LogP contribution is -2.33. The maximum atomic E-state index is 12.2. The smallest absolute Gasteiger partial charge is 0.267 e. The minimum Gasteiger partial charge on any atom is -0.330 e. The molecule has 17 heavy (non-hydrogen) atoms. The molecule has 2 N–H and O–H groups in total. The van der Waals surface area contributed by atoms with Gasteiger partial charge in [0, 0.05) is 6.54 Å². The Morgan fingerprint density at radius 2 is 2.00 bits per heavy atom. The zero-order valence-electron chi connectivity index (χ0n) is 9.41. The lowest BCUT2D eigenvalue weighted by atomic mass is 10.3. The molecule has 1 aromatic rings. The summed E-state index contributed by atoms with van der Waals surface area (Å²) in [4.78, 5) is 4.41. The van der Waals surface area contributed by atoms with Crippen molar-refractivity contribution in [2.24, 2.45) is 10.7 Å². The molecular weight excluding hydrogens is 238 g/mol. The van der Waals surface area contributed by atoms with Crippen LogP contribution in [0.25, 0.3) is 0 Å². The normalized spacial score (nSPS) is 16.9. The minimum absolute atomic E-state index is 0.273. The van der Waals surface area contributed by atoms with E-state index in [-0.39, 0.29) is 4.90 Å². The summed E-state index contributed by atoms with van der Waals surface area (Å²) in [7, 11) is -3.42. The lowest BCUT2D eigenvalue weighted by Gasteiger charge is -2.23. The topological polar surface area (TPSA) is 75.8 Å². The summed E-state index contributed by atoms with van der Waals surface area (Å²) in [6.45, 7) is 0.999. The Balaban J connectivity index is 2.25. The van der Waals surface area contributed by atoms with Crippen molar-refractivity contribution in [2.45, 2.75) is 17.7 Å². The first kappa shape index (κ1) is 12.1. The van der Waals surface area contributed by atoms with Crippen LogP contribution < -0.4 is 5.73 Å². The summed E-state index contributed by atoms with van der Waals surface area (Å²) >= 11 is 0. The number of hydrogen-bond acceptors (Lipinski definition) is 4. The molecule has 0 fully saturated rings. The van der Waals surface area contributed by atoms with Crippen LogP contribution >= 0.6 is 0 Å². The summed E-state index contributed by atoms with van der Waals surface area (Å²) in [5.74, 6) is 0. The Morgan fingerprint density at radius 1 is 1.24 bits per heavy atom. The maximum Gasteiger partial charge on any atom is 0.267 e. The van der Waals surface area contributed by atoms with Gasteiger partial charge in [0.2, 0.25) is 0 Å². The zero-order chi connectivity index (χ0) is 12.3. The number of unbranched alkanes of at least 4 members (excludes halogenated alkanes) is 1. The van der Waals surface area contributed by atoms with Crippen LogP contribution in [0.1, 0.15) is 12.8 Å². The van der Waals surface area contributed by atoms with Crippen molar-refractivity contribution < 1.29 is 8.42 Å². The van der Waals surface area contributed by atoms with Crippen LogP contribution in [0.15, 0.2) is 34.2 Å². The predicted octanol–water partition coefficient (Wildman–Crippen LogP) is 1.09. The van der Waals surface area contributed by atoms with Crippen LogP contribution in [0.4, 0.5) is 5.69 Å². The first-order valence-corrected chi connectivity index (χ1v) is 6.95. The highest BCUT2D eigenvalue weighted by Crippen LogP contribution is 2.29. The van der Waals surface area contributed by atoms with Gasteiger partial charge < -0.3 is 5.73 Å². The fraction of sp³-hybridized carbons (Fsp3) is 0.364. The summed E-state index contributed by atoms with van der Waals surface area (Å²) in [5, 5.41) is 0. The third-order valence-electron chi connectivity index (χ3n) is 2.61. The average molecular weight is 253 g/mol. The van der Waals surface area contributed by atoms with Crippen LogP contribution in [0.3, 0.4) is 0 Å². The van der Waals surface area contributed by atoms with E-state index in [9.17, 15) is 8.42 Å². The molecule has 0 saturated heterocycles. The van der Waals surface area contributed by atoms with Gasteiger partial charge in [-0.2, -0.15) is 0 Å². The molecule has 2 rings (SSSR count). The molecule has 1 aliphatic rings. The van der Waals surface area contributed by atoms with E-state index >= 15 is 0 Å². The van der Waals surface area contributed by atoms with Gasteiger partial charge in [0.15, 0.2) is 0 Å². The number of benzene rings is 1. The highest BCUT2D eigenvalue weighted by Gasteiger charge is 2.27. The molecule has 92 valence electrons.